The normalized spacial score (nSPS) is 18.0. The van der Waals surface area contributed by atoms with Crippen molar-refractivity contribution in [1.82, 2.24) is 35.2 Å². The first-order chi connectivity index (χ1) is 22.3. The van der Waals surface area contributed by atoms with E-state index in [-0.39, 0.29) is 29.5 Å². The van der Waals surface area contributed by atoms with Gasteiger partial charge in [0, 0.05) is 104 Å². The number of nitrogens with one attached hydrogen (secondary N) is 4. The van der Waals surface area contributed by atoms with E-state index in [1.165, 1.54) is 10.9 Å². The Bertz CT molecular complexity index is 2030. The fourth-order valence-corrected chi connectivity index (χ4v) is 6.92. The van der Waals surface area contributed by atoms with Crippen molar-refractivity contribution >= 4 is 40.0 Å². The third-order valence-corrected chi connectivity index (χ3v) is 9.46. The largest absolute Gasteiger partial charge is 0.352 e. The van der Waals surface area contributed by atoms with Gasteiger partial charge in [-0.15, -0.1) is 0 Å². The standard InChI is InChI=1S/C35H36ClN7O3/c1-42-20-24(16-38-19-26-7-10-33(45)41-26)27-8-5-21(13-30(27)42)28-3-2-4-29(34(28)36)22-11-12-43-31(14-22)39-17-23(35(43)46)15-37-18-25-6-9-32(44)40-25/h2-5,8,11-14,17,20,25-26,37-38H,6-7,9-10,15-16,18-19H2,1H3,(H,40,44)(H,41,45)/t25-,26-/m0/s1. The van der Waals surface area contributed by atoms with Crippen LogP contribution in [0.5, 0.6) is 0 Å². The molecule has 5 heterocycles. The first-order valence-electron chi connectivity index (χ1n) is 15.7. The van der Waals surface area contributed by atoms with Gasteiger partial charge >= 0.3 is 0 Å². The lowest BCUT2D eigenvalue weighted by atomic mass is 9.98. The Morgan fingerprint density at radius 1 is 0.870 bits per heavy atom. The summed E-state index contributed by atoms with van der Waals surface area (Å²) in [6.45, 7) is 2.46. The van der Waals surface area contributed by atoms with Gasteiger partial charge in [0.15, 0.2) is 0 Å². The lowest BCUT2D eigenvalue weighted by molar-refractivity contribution is -0.120. The highest BCUT2D eigenvalue weighted by Crippen LogP contribution is 2.38. The highest BCUT2D eigenvalue weighted by Gasteiger charge is 2.21. The molecule has 11 heteroatoms. The summed E-state index contributed by atoms with van der Waals surface area (Å²) < 4.78 is 3.68. The molecule has 2 aliphatic heterocycles. The third-order valence-electron chi connectivity index (χ3n) is 9.06. The van der Waals surface area contributed by atoms with E-state index in [9.17, 15) is 14.4 Å². The van der Waals surface area contributed by atoms with E-state index < -0.39 is 0 Å². The smallest absolute Gasteiger partial charge is 0.262 e. The maximum atomic E-state index is 13.2. The van der Waals surface area contributed by atoms with Crippen LogP contribution in [-0.4, -0.2) is 50.9 Å². The van der Waals surface area contributed by atoms with Crippen molar-refractivity contribution < 1.29 is 9.59 Å². The fraction of sp³-hybridized carbons (Fsp3) is 0.314. The molecule has 2 aromatic carbocycles. The molecule has 2 amide bonds. The summed E-state index contributed by atoms with van der Waals surface area (Å²) in [6, 6.07) is 16.5. The van der Waals surface area contributed by atoms with E-state index in [1.54, 1.807) is 16.8 Å². The minimum absolute atomic E-state index is 0.0736. The second-order valence-corrected chi connectivity index (χ2v) is 12.6. The van der Waals surface area contributed by atoms with E-state index in [4.69, 9.17) is 11.6 Å². The summed E-state index contributed by atoms with van der Waals surface area (Å²) in [5, 5.41) is 14.5. The minimum atomic E-state index is -0.130. The lowest BCUT2D eigenvalue weighted by Gasteiger charge is -2.13. The average Bonchev–Trinajstić information content (AvgIpc) is 3.76. The van der Waals surface area contributed by atoms with E-state index >= 15 is 0 Å². The van der Waals surface area contributed by atoms with Gasteiger partial charge in [0.1, 0.15) is 5.65 Å². The molecule has 0 spiro atoms. The first-order valence-corrected chi connectivity index (χ1v) is 16.1. The molecular weight excluding hydrogens is 602 g/mol. The minimum Gasteiger partial charge on any atom is -0.352 e. The molecule has 5 aromatic rings. The van der Waals surface area contributed by atoms with Crippen LogP contribution in [0.2, 0.25) is 5.02 Å². The number of benzene rings is 2. The number of aromatic nitrogens is 3. The van der Waals surface area contributed by atoms with Gasteiger partial charge in [0.25, 0.3) is 5.56 Å². The quantitative estimate of drug-likeness (QED) is 0.184. The molecule has 2 atom stereocenters. The van der Waals surface area contributed by atoms with Crippen molar-refractivity contribution in [3.8, 4) is 22.3 Å². The van der Waals surface area contributed by atoms with Crippen LogP contribution in [0.15, 0.2) is 71.9 Å². The molecular formula is C35H36ClN7O3. The van der Waals surface area contributed by atoms with Crippen molar-refractivity contribution in [3.63, 3.8) is 0 Å². The van der Waals surface area contributed by atoms with Crippen LogP contribution in [0.25, 0.3) is 38.8 Å². The summed E-state index contributed by atoms with van der Waals surface area (Å²) in [5.41, 5.74) is 6.94. The predicted molar refractivity (Wildman–Crippen MR) is 180 cm³/mol. The SMILES string of the molecule is Cn1cc(CNC[C@@H]2CCC(=O)N2)c2ccc(-c3cccc(-c4ccn5c(=O)c(CNC[C@@H]6CCC(=O)N6)cnc5c4)c3Cl)cc21. The number of pyridine rings is 1. The molecule has 2 fully saturated rings. The summed E-state index contributed by atoms with van der Waals surface area (Å²) in [6.07, 6.45) is 8.34. The van der Waals surface area contributed by atoms with Gasteiger partial charge in [-0.3, -0.25) is 18.8 Å². The van der Waals surface area contributed by atoms with E-state index in [1.807, 2.05) is 37.4 Å². The molecule has 2 aliphatic rings. The first kappa shape index (κ1) is 30.2. The predicted octanol–water partition coefficient (Wildman–Crippen LogP) is 3.91. The van der Waals surface area contributed by atoms with Crippen molar-refractivity contribution in [2.45, 2.75) is 50.9 Å². The topological polar surface area (TPSA) is 122 Å². The van der Waals surface area contributed by atoms with Gasteiger partial charge < -0.3 is 25.8 Å². The highest BCUT2D eigenvalue weighted by molar-refractivity contribution is 6.36. The third kappa shape index (κ3) is 6.03. The molecule has 0 radical (unpaired) electrons. The number of nitrogens with zero attached hydrogens (tertiary/aromatic N) is 3. The van der Waals surface area contributed by atoms with Gasteiger partial charge in [0.05, 0.1) is 5.02 Å². The van der Waals surface area contributed by atoms with Crippen LogP contribution in [0, 0.1) is 0 Å². The molecule has 3 aromatic heterocycles. The maximum Gasteiger partial charge on any atom is 0.262 e. The Morgan fingerprint density at radius 2 is 1.52 bits per heavy atom. The van der Waals surface area contributed by atoms with Crippen LogP contribution >= 0.6 is 11.6 Å². The van der Waals surface area contributed by atoms with Crippen LogP contribution < -0.4 is 26.8 Å². The highest BCUT2D eigenvalue weighted by atomic mass is 35.5. The second kappa shape index (κ2) is 12.7. The van der Waals surface area contributed by atoms with Crippen molar-refractivity contribution in [2.24, 2.45) is 7.05 Å². The summed E-state index contributed by atoms with van der Waals surface area (Å²) in [4.78, 5) is 40.7. The Morgan fingerprint density at radius 3 is 2.17 bits per heavy atom. The number of carbonyl (C=O) groups is 2. The van der Waals surface area contributed by atoms with E-state index in [0.717, 1.165) is 53.7 Å². The number of amides is 2. The number of rotatable bonds is 10. The Labute approximate surface area is 271 Å². The van der Waals surface area contributed by atoms with E-state index in [0.29, 0.717) is 42.2 Å². The van der Waals surface area contributed by atoms with Gasteiger partial charge in [-0.25, -0.2) is 4.98 Å². The fourth-order valence-electron chi connectivity index (χ4n) is 6.58. The van der Waals surface area contributed by atoms with Crippen molar-refractivity contribution in [3.05, 3.63) is 93.6 Å². The molecule has 4 N–H and O–H groups in total. The van der Waals surface area contributed by atoms with E-state index in [2.05, 4.69) is 55.2 Å². The number of fused-ring (bicyclic) bond motifs is 2. The number of halogens is 1. The van der Waals surface area contributed by atoms with Gasteiger partial charge in [-0.05, 0) is 47.7 Å². The number of hydrogen-bond donors (Lipinski definition) is 4. The van der Waals surface area contributed by atoms with Crippen LogP contribution in [0.1, 0.15) is 36.8 Å². The Hall–Kier alpha value is -4.51. The monoisotopic (exact) mass is 637 g/mol. The summed E-state index contributed by atoms with van der Waals surface area (Å²) in [7, 11) is 2.05. The molecule has 2 saturated heterocycles. The summed E-state index contributed by atoms with van der Waals surface area (Å²) in [5.74, 6) is 0.205. The Kier molecular flexibility index (Phi) is 8.33. The summed E-state index contributed by atoms with van der Waals surface area (Å²) >= 11 is 7.07. The molecule has 236 valence electrons. The van der Waals surface area contributed by atoms with Gasteiger partial charge in [-0.1, -0.05) is 41.9 Å². The van der Waals surface area contributed by atoms with Crippen molar-refractivity contribution in [2.75, 3.05) is 13.1 Å². The average molecular weight is 638 g/mol. The van der Waals surface area contributed by atoms with Crippen LogP contribution in [0.3, 0.4) is 0 Å². The zero-order valence-corrected chi connectivity index (χ0v) is 26.4. The number of aryl methyl sites for hydroxylation is 1. The van der Waals surface area contributed by atoms with Gasteiger partial charge in [-0.2, -0.15) is 0 Å². The van der Waals surface area contributed by atoms with Gasteiger partial charge in [0.2, 0.25) is 11.8 Å². The Balaban J connectivity index is 1.09. The van der Waals surface area contributed by atoms with Crippen molar-refractivity contribution in [1.29, 1.82) is 0 Å². The molecule has 46 heavy (non-hydrogen) atoms. The molecule has 10 nitrogen and oxygen atoms in total. The molecule has 0 unspecified atom stereocenters. The zero-order valence-electron chi connectivity index (χ0n) is 25.6. The molecule has 0 bridgehead atoms. The van der Waals surface area contributed by atoms with Crippen LogP contribution in [-0.2, 0) is 29.7 Å². The molecule has 0 saturated carbocycles. The molecule has 7 rings (SSSR count). The molecule has 0 aliphatic carbocycles. The number of carbonyl (C=O) groups excluding carboxylic acids is 2. The zero-order chi connectivity index (χ0) is 31.8. The number of hydrogen-bond acceptors (Lipinski definition) is 6. The maximum absolute atomic E-state index is 13.2. The lowest BCUT2D eigenvalue weighted by Crippen LogP contribution is -2.36. The van der Waals surface area contributed by atoms with Crippen LogP contribution in [0.4, 0.5) is 0 Å². The second-order valence-electron chi connectivity index (χ2n) is 12.3.